The second kappa shape index (κ2) is 7.44. The number of carbonyl (C=O) groups excluding carboxylic acids is 1. The zero-order valence-corrected chi connectivity index (χ0v) is 12.9. The van der Waals surface area contributed by atoms with Gasteiger partial charge in [0.25, 0.3) is 5.78 Å². The minimum absolute atomic E-state index is 0.172. The van der Waals surface area contributed by atoms with E-state index in [1.165, 1.54) is 12.8 Å². The Bertz CT molecular complexity index is 384. The van der Waals surface area contributed by atoms with E-state index in [4.69, 9.17) is 0 Å². The molecule has 0 spiro atoms. The molecular weight excluding hydrogens is 236 g/mol. The molecule has 0 N–H and O–H groups in total. The molecule has 2 heteroatoms. The minimum Gasteiger partial charge on any atom is -0.270 e. The Balaban J connectivity index is 2.63. The molecular formula is C16H24OSi. The molecule has 1 nitrogen and oxygen atoms in total. The summed E-state index contributed by atoms with van der Waals surface area (Å²) in [6.07, 6.45) is 4.84. The van der Waals surface area contributed by atoms with Crippen LogP contribution in [0.4, 0.5) is 0 Å². The third-order valence-corrected chi connectivity index (χ3v) is 8.93. The Hall–Kier alpha value is -0.993. The van der Waals surface area contributed by atoms with E-state index in [0.29, 0.717) is 5.92 Å². The van der Waals surface area contributed by atoms with Crippen molar-refractivity contribution in [1.29, 1.82) is 0 Å². The SMILES string of the molecule is CC[Si](C#CC(=O)C#CC1CCCC1)(CC)CC. The van der Waals surface area contributed by atoms with Gasteiger partial charge in [-0.3, -0.25) is 4.79 Å². The number of rotatable bonds is 3. The van der Waals surface area contributed by atoms with Crippen LogP contribution in [0.25, 0.3) is 0 Å². The molecule has 1 aliphatic carbocycles. The first kappa shape index (κ1) is 15.1. The van der Waals surface area contributed by atoms with Crippen molar-refractivity contribution in [2.45, 2.75) is 64.6 Å². The first-order chi connectivity index (χ1) is 8.65. The third kappa shape index (κ3) is 4.35. The molecule has 0 atom stereocenters. The van der Waals surface area contributed by atoms with Crippen molar-refractivity contribution < 1.29 is 4.79 Å². The highest BCUT2D eigenvalue weighted by Crippen LogP contribution is 2.23. The molecule has 18 heavy (non-hydrogen) atoms. The Labute approximate surface area is 113 Å². The average Bonchev–Trinajstić information content (AvgIpc) is 2.92. The highest BCUT2D eigenvalue weighted by atomic mass is 28.3. The Morgan fingerprint density at radius 3 is 2.11 bits per heavy atom. The molecule has 0 bridgehead atoms. The van der Waals surface area contributed by atoms with Gasteiger partial charge in [0, 0.05) is 5.92 Å². The van der Waals surface area contributed by atoms with Crippen LogP contribution in [0.5, 0.6) is 0 Å². The molecule has 0 amide bonds. The Morgan fingerprint density at radius 1 is 1.06 bits per heavy atom. The second-order valence-corrected chi connectivity index (χ2v) is 10.1. The van der Waals surface area contributed by atoms with Gasteiger partial charge < -0.3 is 0 Å². The second-order valence-electron chi connectivity index (χ2n) is 5.17. The van der Waals surface area contributed by atoms with Gasteiger partial charge in [-0.1, -0.05) is 39.5 Å². The van der Waals surface area contributed by atoms with Gasteiger partial charge in [0.15, 0.2) is 0 Å². The van der Waals surface area contributed by atoms with E-state index in [1.54, 1.807) is 0 Å². The zero-order chi connectivity index (χ0) is 13.4. The molecule has 98 valence electrons. The van der Waals surface area contributed by atoms with Crippen LogP contribution < -0.4 is 0 Å². The maximum absolute atomic E-state index is 11.7. The van der Waals surface area contributed by atoms with Crippen molar-refractivity contribution in [1.82, 2.24) is 0 Å². The molecule has 0 aromatic rings. The predicted octanol–water partition coefficient (Wildman–Crippen LogP) is 3.80. The van der Waals surface area contributed by atoms with Gasteiger partial charge in [-0.15, -0.1) is 5.54 Å². The van der Waals surface area contributed by atoms with E-state index in [1.807, 2.05) is 0 Å². The summed E-state index contributed by atoms with van der Waals surface area (Å²) in [5.74, 6) is 8.89. The van der Waals surface area contributed by atoms with Crippen LogP contribution in [0, 0.1) is 29.2 Å². The van der Waals surface area contributed by atoms with Crippen molar-refractivity contribution in [3.05, 3.63) is 0 Å². The van der Waals surface area contributed by atoms with Crippen molar-refractivity contribution in [3.8, 4) is 23.3 Å². The van der Waals surface area contributed by atoms with Gasteiger partial charge in [-0.2, -0.15) is 0 Å². The largest absolute Gasteiger partial charge is 0.278 e. The van der Waals surface area contributed by atoms with Crippen LogP contribution in [0.3, 0.4) is 0 Å². The topological polar surface area (TPSA) is 17.1 Å². The maximum Gasteiger partial charge on any atom is 0.278 e. The van der Waals surface area contributed by atoms with Crippen LogP contribution in [-0.4, -0.2) is 13.9 Å². The summed E-state index contributed by atoms with van der Waals surface area (Å²) in [6, 6.07) is 3.41. The fraction of sp³-hybridized carbons (Fsp3) is 0.688. The van der Waals surface area contributed by atoms with Gasteiger partial charge in [-0.05, 0) is 42.8 Å². The first-order valence-corrected chi connectivity index (χ1v) is 9.86. The van der Waals surface area contributed by atoms with E-state index >= 15 is 0 Å². The summed E-state index contributed by atoms with van der Waals surface area (Å²) >= 11 is 0. The van der Waals surface area contributed by atoms with Gasteiger partial charge in [0.05, 0.1) is 0 Å². The zero-order valence-electron chi connectivity index (χ0n) is 11.9. The van der Waals surface area contributed by atoms with Gasteiger partial charge in [-0.25, -0.2) is 0 Å². The fourth-order valence-corrected chi connectivity index (χ4v) is 4.88. The summed E-state index contributed by atoms with van der Waals surface area (Å²) in [5.41, 5.74) is 3.29. The van der Waals surface area contributed by atoms with E-state index in [0.717, 1.165) is 31.0 Å². The molecule has 1 fully saturated rings. The summed E-state index contributed by atoms with van der Waals surface area (Å²) < 4.78 is 0. The number of Topliss-reactive ketones (excluding diaryl/α,β-unsaturated/α-hetero) is 1. The van der Waals surface area contributed by atoms with Gasteiger partial charge in [0.2, 0.25) is 0 Å². The van der Waals surface area contributed by atoms with Crippen LogP contribution in [-0.2, 0) is 4.79 Å². The highest BCUT2D eigenvalue weighted by Gasteiger charge is 2.24. The van der Waals surface area contributed by atoms with E-state index in [2.05, 4.69) is 44.1 Å². The molecule has 1 saturated carbocycles. The van der Waals surface area contributed by atoms with Crippen LogP contribution in [0.1, 0.15) is 46.5 Å². The lowest BCUT2D eigenvalue weighted by Crippen LogP contribution is -2.29. The normalized spacial score (nSPS) is 15.5. The van der Waals surface area contributed by atoms with Crippen LogP contribution in [0.2, 0.25) is 18.1 Å². The lowest BCUT2D eigenvalue weighted by molar-refractivity contribution is -0.108. The van der Waals surface area contributed by atoms with E-state index in [-0.39, 0.29) is 5.78 Å². The molecule has 0 aliphatic heterocycles. The van der Waals surface area contributed by atoms with E-state index < -0.39 is 8.07 Å². The van der Waals surface area contributed by atoms with Crippen molar-refractivity contribution in [2.24, 2.45) is 5.92 Å². The lowest BCUT2D eigenvalue weighted by atomic mass is 10.1. The monoisotopic (exact) mass is 260 g/mol. The van der Waals surface area contributed by atoms with Crippen LogP contribution in [0.15, 0.2) is 0 Å². The van der Waals surface area contributed by atoms with Gasteiger partial charge in [0.1, 0.15) is 8.07 Å². The van der Waals surface area contributed by atoms with Crippen LogP contribution >= 0.6 is 0 Å². The summed E-state index contributed by atoms with van der Waals surface area (Å²) in [6.45, 7) is 6.59. The Morgan fingerprint density at radius 2 is 1.61 bits per heavy atom. The fourth-order valence-electron chi connectivity index (χ4n) is 2.47. The number of hydrogen-bond acceptors (Lipinski definition) is 1. The minimum atomic E-state index is -1.49. The number of carbonyl (C=O) groups is 1. The summed E-state index contributed by atoms with van der Waals surface area (Å²) in [5, 5.41) is 0. The molecule has 0 aromatic carbocycles. The average molecular weight is 260 g/mol. The number of hydrogen-bond donors (Lipinski definition) is 0. The molecule has 0 radical (unpaired) electrons. The van der Waals surface area contributed by atoms with Crippen molar-refractivity contribution in [3.63, 3.8) is 0 Å². The first-order valence-electron chi connectivity index (χ1n) is 7.24. The maximum atomic E-state index is 11.7. The molecule has 0 saturated heterocycles. The van der Waals surface area contributed by atoms with Crippen molar-refractivity contribution >= 4 is 13.9 Å². The van der Waals surface area contributed by atoms with Crippen molar-refractivity contribution in [2.75, 3.05) is 0 Å². The number of ketones is 1. The third-order valence-electron chi connectivity index (χ3n) is 4.22. The predicted molar refractivity (Wildman–Crippen MR) is 79.7 cm³/mol. The summed E-state index contributed by atoms with van der Waals surface area (Å²) in [7, 11) is -1.49. The standard InChI is InChI=1S/C16H24OSi/c1-4-18(5-2,6-3)14-13-16(17)12-11-15-9-7-8-10-15/h15H,4-10H2,1-3H3. The molecule has 1 rings (SSSR count). The highest BCUT2D eigenvalue weighted by molar-refractivity contribution is 6.87. The lowest BCUT2D eigenvalue weighted by Gasteiger charge is -2.19. The molecule has 0 heterocycles. The Kier molecular flexibility index (Phi) is 6.23. The summed E-state index contributed by atoms with van der Waals surface area (Å²) in [4.78, 5) is 11.7. The molecule has 0 unspecified atom stereocenters. The smallest absolute Gasteiger partial charge is 0.270 e. The molecule has 0 aromatic heterocycles. The van der Waals surface area contributed by atoms with E-state index in [9.17, 15) is 4.79 Å². The molecule has 1 aliphatic rings. The quantitative estimate of drug-likeness (QED) is 0.428. The van der Waals surface area contributed by atoms with Gasteiger partial charge >= 0.3 is 0 Å².